The van der Waals surface area contributed by atoms with Gasteiger partial charge in [-0.15, -0.1) is 0 Å². The lowest BCUT2D eigenvalue weighted by Gasteiger charge is -2.37. The van der Waals surface area contributed by atoms with Crippen molar-refractivity contribution in [3.63, 3.8) is 0 Å². The zero-order valence-corrected chi connectivity index (χ0v) is 18.1. The number of nitriles is 1. The first kappa shape index (κ1) is 19.3. The molecule has 0 spiro atoms. The average molecular weight is 431 g/mol. The molecule has 4 heterocycles. The molecule has 6 heteroatoms. The molecule has 0 atom stereocenters. The third kappa shape index (κ3) is 3.26. The maximum absolute atomic E-state index is 10.1. The van der Waals surface area contributed by atoms with Crippen LogP contribution in [0.4, 0.5) is 11.6 Å². The number of nitrogens with zero attached hydrogens (tertiary/aromatic N) is 6. The second-order valence-corrected chi connectivity index (χ2v) is 8.19. The monoisotopic (exact) mass is 430 g/mol. The van der Waals surface area contributed by atoms with Crippen LogP contribution in [0.5, 0.6) is 0 Å². The predicted molar refractivity (Wildman–Crippen MR) is 132 cm³/mol. The SMILES string of the molecule is N#Cc1c(-c2ccccc2)cc(N2CCN(c3ccccn3)CC2)n2c1nc1ccccc12. The number of rotatable bonds is 3. The number of pyridine rings is 2. The molecule has 1 saturated heterocycles. The van der Waals surface area contributed by atoms with E-state index in [0.717, 1.165) is 60.0 Å². The summed E-state index contributed by atoms with van der Waals surface area (Å²) in [7, 11) is 0. The van der Waals surface area contributed by atoms with Crippen LogP contribution in [-0.4, -0.2) is 40.5 Å². The van der Waals surface area contributed by atoms with Gasteiger partial charge in [-0.25, -0.2) is 9.97 Å². The van der Waals surface area contributed by atoms with Crippen LogP contribution in [0.1, 0.15) is 5.56 Å². The smallest absolute Gasteiger partial charge is 0.158 e. The normalized spacial score (nSPS) is 14.0. The van der Waals surface area contributed by atoms with E-state index in [0.29, 0.717) is 11.2 Å². The van der Waals surface area contributed by atoms with Crippen molar-refractivity contribution in [2.45, 2.75) is 0 Å². The Hall–Kier alpha value is -4.37. The van der Waals surface area contributed by atoms with E-state index in [4.69, 9.17) is 4.98 Å². The third-order valence-corrected chi connectivity index (χ3v) is 6.33. The fourth-order valence-electron chi connectivity index (χ4n) is 4.71. The van der Waals surface area contributed by atoms with Crippen LogP contribution in [0.2, 0.25) is 0 Å². The van der Waals surface area contributed by atoms with Gasteiger partial charge < -0.3 is 9.80 Å². The molecule has 0 N–H and O–H groups in total. The Morgan fingerprint density at radius 1 is 0.788 bits per heavy atom. The molecule has 0 saturated carbocycles. The van der Waals surface area contributed by atoms with E-state index in [1.165, 1.54) is 0 Å². The van der Waals surface area contributed by atoms with Gasteiger partial charge in [0.25, 0.3) is 0 Å². The Kier molecular flexibility index (Phi) is 4.66. The lowest BCUT2D eigenvalue weighted by molar-refractivity contribution is 0.640. The van der Waals surface area contributed by atoms with E-state index in [9.17, 15) is 5.26 Å². The molecule has 5 aromatic rings. The van der Waals surface area contributed by atoms with Crippen LogP contribution < -0.4 is 9.80 Å². The topological polar surface area (TPSA) is 60.5 Å². The first-order valence-corrected chi connectivity index (χ1v) is 11.1. The molecule has 0 amide bonds. The van der Waals surface area contributed by atoms with Gasteiger partial charge in [-0.1, -0.05) is 48.5 Å². The van der Waals surface area contributed by atoms with Crippen LogP contribution in [-0.2, 0) is 0 Å². The molecular formula is C27H22N6. The van der Waals surface area contributed by atoms with Crippen molar-refractivity contribution in [3.05, 3.63) is 90.6 Å². The molecule has 33 heavy (non-hydrogen) atoms. The number of piperazine rings is 1. The molecule has 3 aromatic heterocycles. The van der Waals surface area contributed by atoms with Crippen LogP contribution in [0.3, 0.4) is 0 Å². The van der Waals surface area contributed by atoms with E-state index >= 15 is 0 Å². The number of hydrogen-bond acceptors (Lipinski definition) is 5. The maximum Gasteiger partial charge on any atom is 0.158 e. The number of anilines is 2. The number of hydrogen-bond donors (Lipinski definition) is 0. The molecule has 160 valence electrons. The minimum atomic E-state index is 0.605. The minimum Gasteiger partial charge on any atom is -0.354 e. The lowest BCUT2D eigenvalue weighted by atomic mass is 10.0. The number of imidazole rings is 1. The standard InChI is InChI=1S/C27H22N6/c28-19-22-21(20-8-2-1-3-9-20)18-26(33-24-11-5-4-10-23(24)30-27(22)33)32-16-14-31(15-17-32)25-12-6-7-13-29-25/h1-13,18H,14-17H2. The average Bonchev–Trinajstić information content (AvgIpc) is 3.28. The summed E-state index contributed by atoms with van der Waals surface area (Å²) >= 11 is 0. The summed E-state index contributed by atoms with van der Waals surface area (Å²) < 4.78 is 2.15. The molecule has 1 fully saturated rings. The van der Waals surface area contributed by atoms with Crippen LogP contribution in [0, 0.1) is 11.3 Å². The molecule has 6 nitrogen and oxygen atoms in total. The third-order valence-electron chi connectivity index (χ3n) is 6.33. The molecular weight excluding hydrogens is 408 g/mol. The second kappa shape index (κ2) is 7.95. The number of benzene rings is 2. The van der Waals surface area contributed by atoms with E-state index < -0.39 is 0 Å². The highest BCUT2D eigenvalue weighted by Crippen LogP contribution is 2.34. The molecule has 2 aromatic carbocycles. The van der Waals surface area contributed by atoms with Crippen LogP contribution in [0.25, 0.3) is 27.8 Å². The molecule has 6 rings (SSSR count). The Bertz CT molecular complexity index is 1480. The van der Waals surface area contributed by atoms with Gasteiger partial charge >= 0.3 is 0 Å². The summed E-state index contributed by atoms with van der Waals surface area (Å²) in [5, 5.41) is 10.1. The number of para-hydroxylation sites is 2. The molecule has 0 aliphatic carbocycles. The van der Waals surface area contributed by atoms with Crippen molar-refractivity contribution < 1.29 is 0 Å². The molecule has 0 unspecified atom stereocenters. The Labute approximate surface area is 192 Å². The summed E-state index contributed by atoms with van der Waals surface area (Å²) in [6.45, 7) is 3.48. The number of aromatic nitrogens is 3. The number of fused-ring (bicyclic) bond motifs is 3. The van der Waals surface area contributed by atoms with Crippen molar-refractivity contribution >= 4 is 28.3 Å². The summed E-state index contributed by atoms with van der Waals surface area (Å²) in [5.74, 6) is 2.08. The van der Waals surface area contributed by atoms with Gasteiger partial charge in [0.1, 0.15) is 23.3 Å². The zero-order chi connectivity index (χ0) is 22.2. The largest absolute Gasteiger partial charge is 0.354 e. The summed E-state index contributed by atoms with van der Waals surface area (Å²) in [4.78, 5) is 14.1. The van der Waals surface area contributed by atoms with Gasteiger partial charge in [-0.2, -0.15) is 5.26 Å². The first-order valence-electron chi connectivity index (χ1n) is 11.1. The summed E-state index contributed by atoms with van der Waals surface area (Å²) in [5.41, 5.74) is 5.17. The van der Waals surface area contributed by atoms with E-state index in [2.05, 4.69) is 55.6 Å². The molecule has 1 aliphatic rings. The zero-order valence-electron chi connectivity index (χ0n) is 18.1. The van der Waals surface area contributed by atoms with Crippen molar-refractivity contribution in [2.75, 3.05) is 36.0 Å². The van der Waals surface area contributed by atoms with E-state index in [1.807, 2.05) is 54.7 Å². The van der Waals surface area contributed by atoms with Gasteiger partial charge in [0.05, 0.1) is 11.0 Å². The van der Waals surface area contributed by atoms with E-state index in [-0.39, 0.29) is 0 Å². The molecule has 1 aliphatic heterocycles. The molecule has 0 bridgehead atoms. The van der Waals surface area contributed by atoms with Gasteiger partial charge in [0, 0.05) is 37.9 Å². The van der Waals surface area contributed by atoms with Crippen molar-refractivity contribution in [3.8, 4) is 17.2 Å². The Morgan fingerprint density at radius 2 is 1.52 bits per heavy atom. The molecule has 0 radical (unpaired) electrons. The van der Waals surface area contributed by atoms with Crippen molar-refractivity contribution in [1.29, 1.82) is 5.26 Å². The fourth-order valence-corrected chi connectivity index (χ4v) is 4.71. The highest BCUT2D eigenvalue weighted by Gasteiger charge is 2.24. The van der Waals surface area contributed by atoms with Gasteiger partial charge in [-0.05, 0) is 35.9 Å². The minimum absolute atomic E-state index is 0.605. The summed E-state index contributed by atoms with van der Waals surface area (Å²) in [6.07, 6.45) is 1.84. The van der Waals surface area contributed by atoms with Gasteiger partial charge in [0.15, 0.2) is 5.65 Å². The quantitative estimate of drug-likeness (QED) is 0.413. The van der Waals surface area contributed by atoms with Crippen LogP contribution in [0.15, 0.2) is 85.1 Å². The van der Waals surface area contributed by atoms with Crippen molar-refractivity contribution in [1.82, 2.24) is 14.4 Å². The predicted octanol–water partition coefficient (Wildman–Crippen LogP) is 4.75. The summed E-state index contributed by atoms with van der Waals surface area (Å²) in [6, 6.07) is 28.9. The lowest BCUT2D eigenvalue weighted by Crippen LogP contribution is -2.47. The fraction of sp³-hybridized carbons (Fsp3) is 0.148. The second-order valence-electron chi connectivity index (χ2n) is 8.19. The maximum atomic E-state index is 10.1. The van der Waals surface area contributed by atoms with Gasteiger partial charge in [0.2, 0.25) is 0 Å². The van der Waals surface area contributed by atoms with Crippen LogP contribution >= 0.6 is 0 Å². The van der Waals surface area contributed by atoms with E-state index in [1.54, 1.807) is 0 Å². The highest BCUT2D eigenvalue weighted by atomic mass is 15.3. The first-order chi connectivity index (χ1) is 16.3. The Morgan fingerprint density at radius 3 is 2.27 bits per heavy atom. The van der Waals surface area contributed by atoms with Gasteiger partial charge in [-0.3, -0.25) is 4.40 Å². The highest BCUT2D eigenvalue weighted by molar-refractivity contribution is 5.89. The Balaban J connectivity index is 1.50. The van der Waals surface area contributed by atoms with Crippen molar-refractivity contribution in [2.24, 2.45) is 0 Å².